The number of methoxy groups -OCH3 is 1. The molecule has 2 rings (SSSR count). The minimum Gasteiger partial charge on any atom is -0.383 e. The summed E-state index contributed by atoms with van der Waals surface area (Å²) in [5, 5.41) is 14.4. The number of rotatable bonds is 5. The van der Waals surface area contributed by atoms with Crippen LogP contribution in [-0.2, 0) is 4.74 Å². The van der Waals surface area contributed by atoms with Crippen LogP contribution in [-0.4, -0.2) is 45.9 Å². The molecule has 0 saturated carbocycles. The van der Waals surface area contributed by atoms with Gasteiger partial charge in [-0.3, -0.25) is 4.79 Å². The molecule has 0 aliphatic rings. The first-order valence-electron chi connectivity index (χ1n) is 5.96. The van der Waals surface area contributed by atoms with E-state index in [0.717, 1.165) is 10.2 Å². The molecule has 0 bridgehead atoms. The van der Waals surface area contributed by atoms with Crippen LogP contribution in [0.5, 0.6) is 0 Å². The van der Waals surface area contributed by atoms with Crippen LogP contribution in [0.25, 0.3) is 5.69 Å². The topological polar surface area (TPSA) is 81.9 Å². The predicted octanol–water partition coefficient (Wildman–Crippen LogP) is 1.19. The van der Waals surface area contributed by atoms with Gasteiger partial charge in [0.25, 0.3) is 11.7 Å². The number of carbonyl (C=O) groups is 1. The number of amides is 1. The van der Waals surface area contributed by atoms with Crippen molar-refractivity contribution in [1.82, 2.24) is 25.5 Å². The molecule has 0 radical (unpaired) electrons. The van der Waals surface area contributed by atoms with Crippen LogP contribution in [0, 0.1) is 0 Å². The maximum absolute atomic E-state index is 11.9. The van der Waals surface area contributed by atoms with Crippen LogP contribution >= 0.6 is 15.9 Å². The van der Waals surface area contributed by atoms with Crippen molar-refractivity contribution in [1.29, 1.82) is 0 Å². The third kappa shape index (κ3) is 3.61. The number of benzene rings is 1. The van der Waals surface area contributed by atoms with Crippen molar-refractivity contribution in [3.05, 3.63) is 34.6 Å². The van der Waals surface area contributed by atoms with Gasteiger partial charge in [-0.1, -0.05) is 15.9 Å². The van der Waals surface area contributed by atoms with E-state index < -0.39 is 0 Å². The summed E-state index contributed by atoms with van der Waals surface area (Å²) in [5.74, 6) is -0.353. The lowest BCUT2D eigenvalue weighted by Gasteiger charge is -2.10. The van der Waals surface area contributed by atoms with Gasteiger partial charge in [0, 0.05) is 17.6 Å². The number of carbonyl (C=O) groups excluding carboxylic acids is 1. The van der Waals surface area contributed by atoms with Gasteiger partial charge in [0.1, 0.15) is 0 Å². The Labute approximate surface area is 124 Å². The maximum atomic E-state index is 11.9. The van der Waals surface area contributed by atoms with Crippen molar-refractivity contribution in [2.24, 2.45) is 0 Å². The van der Waals surface area contributed by atoms with Gasteiger partial charge in [0.15, 0.2) is 0 Å². The lowest BCUT2D eigenvalue weighted by molar-refractivity contribution is 0.0895. The molecule has 0 saturated heterocycles. The van der Waals surface area contributed by atoms with E-state index in [9.17, 15) is 4.79 Å². The Morgan fingerprint density at radius 1 is 1.45 bits per heavy atom. The first-order chi connectivity index (χ1) is 9.60. The lowest BCUT2D eigenvalue weighted by Crippen LogP contribution is -2.36. The number of nitrogens with one attached hydrogen (secondary N) is 1. The summed E-state index contributed by atoms with van der Waals surface area (Å²) < 4.78 is 5.90. The number of nitrogens with zero attached hydrogens (tertiary/aromatic N) is 4. The molecule has 1 amide bonds. The number of hydrogen-bond donors (Lipinski definition) is 1. The monoisotopic (exact) mass is 339 g/mol. The molecule has 1 aromatic carbocycles. The smallest absolute Gasteiger partial charge is 0.293 e. The second kappa shape index (κ2) is 6.58. The van der Waals surface area contributed by atoms with Crippen molar-refractivity contribution in [3.8, 4) is 5.69 Å². The summed E-state index contributed by atoms with van der Waals surface area (Å²) in [6.07, 6.45) is 0. The van der Waals surface area contributed by atoms with Crippen LogP contribution in [0.15, 0.2) is 28.7 Å². The molecule has 20 heavy (non-hydrogen) atoms. The Hall–Kier alpha value is -1.80. The molecule has 0 fully saturated rings. The second-order valence-corrected chi connectivity index (χ2v) is 5.12. The highest BCUT2D eigenvalue weighted by molar-refractivity contribution is 9.10. The fraction of sp³-hybridized carbons (Fsp3) is 0.333. The van der Waals surface area contributed by atoms with E-state index in [1.165, 1.54) is 4.80 Å². The summed E-state index contributed by atoms with van der Waals surface area (Å²) in [5.41, 5.74) is 0.727. The zero-order valence-corrected chi connectivity index (χ0v) is 12.7. The predicted molar refractivity (Wildman–Crippen MR) is 75.7 cm³/mol. The molecule has 1 N–H and O–H groups in total. The average Bonchev–Trinajstić information content (AvgIpc) is 2.89. The Morgan fingerprint density at radius 3 is 2.80 bits per heavy atom. The molecule has 7 nitrogen and oxygen atoms in total. The van der Waals surface area contributed by atoms with E-state index in [2.05, 4.69) is 36.7 Å². The van der Waals surface area contributed by atoms with Crippen LogP contribution < -0.4 is 5.32 Å². The molecule has 0 spiro atoms. The van der Waals surface area contributed by atoms with Crippen LogP contribution in [0.1, 0.15) is 17.5 Å². The molecule has 1 aromatic heterocycles. The first kappa shape index (κ1) is 14.6. The minimum absolute atomic E-state index is 0.0240. The van der Waals surface area contributed by atoms with Crippen molar-refractivity contribution in [2.45, 2.75) is 13.0 Å². The van der Waals surface area contributed by atoms with E-state index in [-0.39, 0.29) is 17.8 Å². The number of halogens is 1. The third-order valence-corrected chi connectivity index (χ3v) is 3.00. The summed E-state index contributed by atoms with van der Waals surface area (Å²) in [6.45, 7) is 2.26. The highest BCUT2D eigenvalue weighted by Gasteiger charge is 2.15. The fourth-order valence-electron chi connectivity index (χ4n) is 1.57. The summed E-state index contributed by atoms with van der Waals surface area (Å²) in [4.78, 5) is 13.2. The Balaban J connectivity index is 2.08. The zero-order chi connectivity index (χ0) is 14.5. The third-order valence-electron chi connectivity index (χ3n) is 2.47. The van der Waals surface area contributed by atoms with Gasteiger partial charge in [0.2, 0.25) is 0 Å². The van der Waals surface area contributed by atoms with Gasteiger partial charge in [-0.05, 0) is 36.4 Å². The molecular weight excluding hydrogens is 326 g/mol. The van der Waals surface area contributed by atoms with Gasteiger partial charge in [-0.2, -0.15) is 0 Å². The molecule has 8 heteroatoms. The Kier molecular flexibility index (Phi) is 4.80. The summed E-state index contributed by atoms with van der Waals surface area (Å²) in [7, 11) is 1.57. The molecular formula is C12H14BrN5O2. The quantitative estimate of drug-likeness (QED) is 0.884. The van der Waals surface area contributed by atoms with Gasteiger partial charge < -0.3 is 10.1 Å². The molecule has 0 unspecified atom stereocenters. The molecule has 1 atom stereocenters. The van der Waals surface area contributed by atoms with Gasteiger partial charge in [-0.25, -0.2) is 0 Å². The SMILES string of the molecule is COC[C@@H](C)NC(=O)c1nnn(-c2ccc(Br)cc2)n1. The summed E-state index contributed by atoms with van der Waals surface area (Å²) in [6, 6.07) is 7.24. The largest absolute Gasteiger partial charge is 0.383 e. The number of hydrogen-bond acceptors (Lipinski definition) is 5. The van der Waals surface area contributed by atoms with E-state index in [1.807, 2.05) is 31.2 Å². The van der Waals surface area contributed by atoms with Crippen LogP contribution in [0.3, 0.4) is 0 Å². The van der Waals surface area contributed by atoms with Gasteiger partial charge in [0.05, 0.1) is 12.3 Å². The first-order valence-corrected chi connectivity index (χ1v) is 6.75. The van der Waals surface area contributed by atoms with Gasteiger partial charge >= 0.3 is 0 Å². The van der Waals surface area contributed by atoms with Crippen LogP contribution in [0.4, 0.5) is 0 Å². The van der Waals surface area contributed by atoms with Crippen molar-refractivity contribution >= 4 is 21.8 Å². The Bertz CT molecular complexity index is 584. The van der Waals surface area contributed by atoms with Crippen molar-refractivity contribution < 1.29 is 9.53 Å². The number of tetrazole rings is 1. The zero-order valence-electron chi connectivity index (χ0n) is 11.1. The maximum Gasteiger partial charge on any atom is 0.293 e. The molecule has 2 aromatic rings. The molecule has 0 aliphatic carbocycles. The second-order valence-electron chi connectivity index (χ2n) is 4.21. The standard InChI is InChI=1S/C12H14BrN5O2/c1-8(7-20-2)14-12(19)11-15-17-18(16-11)10-5-3-9(13)4-6-10/h3-6,8H,7H2,1-2H3,(H,14,19)/t8-/m1/s1. The highest BCUT2D eigenvalue weighted by atomic mass is 79.9. The number of ether oxygens (including phenoxy) is 1. The van der Waals surface area contributed by atoms with Crippen molar-refractivity contribution in [2.75, 3.05) is 13.7 Å². The Morgan fingerprint density at radius 2 is 2.15 bits per heavy atom. The van der Waals surface area contributed by atoms with E-state index in [4.69, 9.17) is 4.74 Å². The van der Waals surface area contributed by atoms with Crippen LogP contribution in [0.2, 0.25) is 0 Å². The highest BCUT2D eigenvalue weighted by Crippen LogP contribution is 2.12. The summed E-state index contributed by atoms with van der Waals surface area (Å²) >= 11 is 3.35. The molecule has 1 heterocycles. The van der Waals surface area contributed by atoms with Crippen molar-refractivity contribution in [3.63, 3.8) is 0 Å². The molecule has 0 aliphatic heterocycles. The van der Waals surface area contributed by atoms with E-state index in [1.54, 1.807) is 7.11 Å². The minimum atomic E-state index is -0.377. The van der Waals surface area contributed by atoms with E-state index >= 15 is 0 Å². The average molecular weight is 340 g/mol. The lowest BCUT2D eigenvalue weighted by atomic mass is 10.3. The van der Waals surface area contributed by atoms with Gasteiger partial charge in [-0.15, -0.1) is 15.0 Å². The molecule has 106 valence electrons. The van der Waals surface area contributed by atoms with E-state index in [0.29, 0.717) is 6.61 Å². The normalized spacial score (nSPS) is 12.2. The fourth-order valence-corrected chi connectivity index (χ4v) is 1.83. The number of aromatic nitrogens is 4.